The summed E-state index contributed by atoms with van der Waals surface area (Å²) in [7, 11) is 1.75. The number of amides is 2. The molecule has 3 aliphatic heterocycles. The molecule has 0 aliphatic carbocycles. The van der Waals surface area contributed by atoms with Crippen LogP contribution in [-0.2, 0) is 21.4 Å². The molecule has 1 N–H and O–H groups in total. The summed E-state index contributed by atoms with van der Waals surface area (Å²) in [4.78, 5) is 37.6. The first kappa shape index (κ1) is 23.2. The first-order chi connectivity index (χ1) is 13.9. The molecular weight excluding hydrogens is 465 g/mol. The second-order valence-corrected chi connectivity index (χ2v) is 9.55. The average Bonchev–Trinajstić information content (AvgIpc) is 3.35. The predicted molar refractivity (Wildman–Crippen MR) is 96.1 cm³/mol. The van der Waals surface area contributed by atoms with Crippen molar-refractivity contribution in [3.63, 3.8) is 0 Å². The van der Waals surface area contributed by atoms with Crippen LogP contribution in [0.15, 0.2) is 31.2 Å². The molecule has 17 heteroatoms. The van der Waals surface area contributed by atoms with Crippen molar-refractivity contribution in [1.29, 1.82) is 0 Å². The van der Waals surface area contributed by atoms with Crippen LogP contribution in [0.2, 0.25) is 0 Å². The van der Waals surface area contributed by atoms with Crippen molar-refractivity contribution in [2.45, 2.75) is 15.8 Å². The predicted octanol–water partition coefficient (Wildman–Crippen LogP) is -5.33. The van der Waals surface area contributed by atoms with Gasteiger partial charge in [-0.3, -0.25) is 14.5 Å². The third-order valence-electron chi connectivity index (χ3n) is 4.17. The van der Waals surface area contributed by atoms with Crippen molar-refractivity contribution in [2.24, 2.45) is 22.6 Å². The number of nitrogens with zero attached hydrogens (tertiary/aromatic N) is 8. The number of rotatable bonds is 7. The summed E-state index contributed by atoms with van der Waals surface area (Å²) in [6.45, 7) is 0.0973. The van der Waals surface area contributed by atoms with E-state index in [4.69, 9.17) is 0 Å². The van der Waals surface area contributed by atoms with E-state index in [0.717, 1.165) is 0 Å². The molecule has 2 atom stereocenters. The molecular formula is C13H14N9NaO4S3+2. The molecule has 0 bridgehead atoms. The Balaban J connectivity index is 0.00000256. The number of carboxylic acids is 1. The van der Waals surface area contributed by atoms with E-state index >= 15 is 0 Å². The molecule has 1 aromatic heterocycles. The van der Waals surface area contributed by atoms with Crippen LogP contribution in [-0.4, -0.2) is 73.8 Å². The van der Waals surface area contributed by atoms with E-state index in [1.165, 1.54) is 44.7 Å². The Morgan fingerprint density at radius 2 is 2.23 bits per heavy atom. The van der Waals surface area contributed by atoms with Gasteiger partial charge in [0.05, 0.1) is 16.8 Å². The quantitative estimate of drug-likeness (QED) is 0.176. The van der Waals surface area contributed by atoms with Gasteiger partial charge in [0.25, 0.3) is 11.8 Å². The molecule has 0 saturated carbocycles. The Kier molecular flexibility index (Phi) is 7.56. The van der Waals surface area contributed by atoms with Crippen LogP contribution in [0.3, 0.4) is 0 Å². The van der Waals surface area contributed by atoms with E-state index in [9.17, 15) is 19.5 Å². The zero-order valence-electron chi connectivity index (χ0n) is 15.9. The fourth-order valence-electron chi connectivity index (χ4n) is 2.92. The average molecular weight is 480 g/mol. The Hall–Kier alpha value is -1.46. The van der Waals surface area contributed by atoms with E-state index in [2.05, 4.69) is 31.2 Å². The third-order valence-corrected chi connectivity index (χ3v) is 7.49. The molecule has 0 spiro atoms. The van der Waals surface area contributed by atoms with Crippen molar-refractivity contribution in [1.82, 2.24) is 20.5 Å². The molecule has 4 heterocycles. The number of aromatic nitrogens is 3. The second kappa shape index (κ2) is 9.78. The van der Waals surface area contributed by atoms with Gasteiger partial charge in [-0.2, -0.15) is 0 Å². The Bertz CT molecular complexity index is 981. The normalized spacial score (nSPS) is 22.2. The largest absolute Gasteiger partial charge is 1.00 e. The molecule has 4 rings (SSSR count). The zero-order valence-corrected chi connectivity index (χ0v) is 20.4. The van der Waals surface area contributed by atoms with Gasteiger partial charge in [0.2, 0.25) is 11.9 Å². The van der Waals surface area contributed by atoms with Gasteiger partial charge in [0.1, 0.15) is 30.0 Å². The summed E-state index contributed by atoms with van der Waals surface area (Å²) in [6, 6.07) is -0.797. The number of fused-ring (bicyclic) bond motifs is 1. The van der Waals surface area contributed by atoms with Crippen LogP contribution < -0.4 is 44.1 Å². The van der Waals surface area contributed by atoms with Crippen LogP contribution in [0.25, 0.3) is 0 Å². The van der Waals surface area contributed by atoms with Crippen molar-refractivity contribution < 1.29 is 57.8 Å². The maximum Gasteiger partial charge on any atom is 1.00 e. The summed E-state index contributed by atoms with van der Waals surface area (Å²) >= 11 is 4.08. The fourth-order valence-corrected chi connectivity index (χ4v) is 6.11. The van der Waals surface area contributed by atoms with Gasteiger partial charge in [-0.15, -0.1) is 16.5 Å². The molecule has 13 nitrogen and oxygen atoms in total. The van der Waals surface area contributed by atoms with Gasteiger partial charge >= 0.3 is 33.9 Å². The minimum Gasteiger partial charge on any atom is -0.543 e. The third kappa shape index (κ3) is 4.72. The van der Waals surface area contributed by atoms with Crippen molar-refractivity contribution in [3.8, 4) is 0 Å². The standard InChI is InChI=1S/C13H13N9O4S3.Na/c1-20-18-16-13(29-20)28-4-6-3-27-11-8(10(24)22(11)9(6)12(25)26)15-7(23)2-21-5-14-17-19-21;/h8,11H,2-5H2,1H3;/q;+1/p+1/t8-,11-;/m1./s1. The molecule has 0 unspecified atom stereocenters. The summed E-state index contributed by atoms with van der Waals surface area (Å²) in [5.74, 6) is -1.55. The van der Waals surface area contributed by atoms with Gasteiger partial charge in [0.15, 0.2) is 17.0 Å². The zero-order chi connectivity index (χ0) is 20.5. The van der Waals surface area contributed by atoms with E-state index < -0.39 is 29.2 Å². The molecule has 152 valence electrons. The number of carboxylic acid groups (broad SMARTS) is 1. The Morgan fingerprint density at radius 1 is 1.43 bits per heavy atom. The van der Waals surface area contributed by atoms with Crippen LogP contribution in [0, 0.1) is 0 Å². The van der Waals surface area contributed by atoms with Gasteiger partial charge in [-0.25, -0.2) is 0 Å². The number of β-lactam (4-membered cyclic amide) rings is 1. The SMILES string of the molecule is C[n+]1nnc(SCC2=C(C(=O)[O-])N3C(=O)[C@@H](NC(=O)C[N+]4=NN=NC4)[C@H]3SC2)s1.[Na+]. The molecule has 3 aliphatic rings. The minimum absolute atomic E-state index is 0. The van der Waals surface area contributed by atoms with Crippen LogP contribution >= 0.6 is 35.1 Å². The van der Waals surface area contributed by atoms with Crippen molar-refractivity contribution in [3.05, 3.63) is 11.3 Å². The maximum absolute atomic E-state index is 12.6. The summed E-state index contributed by atoms with van der Waals surface area (Å²) in [6.07, 6.45) is 0. The molecule has 2 amide bonds. The van der Waals surface area contributed by atoms with E-state index in [0.29, 0.717) is 21.4 Å². The van der Waals surface area contributed by atoms with Gasteiger partial charge in [-0.1, -0.05) is 15.8 Å². The number of thioether (sulfide) groups is 2. The molecule has 30 heavy (non-hydrogen) atoms. The minimum atomic E-state index is -1.41. The molecule has 1 fully saturated rings. The number of carbonyl (C=O) groups is 3. The smallest absolute Gasteiger partial charge is 0.543 e. The second-order valence-electron chi connectivity index (χ2n) is 6.12. The van der Waals surface area contributed by atoms with Crippen molar-refractivity contribution >= 4 is 52.8 Å². The van der Waals surface area contributed by atoms with Gasteiger partial charge < -0.3 is 15.2 Å². The number of carbonyl (C=O) groups excluding carboxylic acids is 3. The molecule has 0 radical (unpaired) electrons. The fraction of sp³-hybridized carbons (Fsp3) is 0.538. The Morgan fingerprint density at radius 3 is 2.87 bits per heavy atom. The van der Waals surface area contributed by atoms with Crippen molar-refractivity contribution in [2.75, 3.05) is 24.7 Å². The number of hydrogen-bond donors (Lipinski definition) is 1. The first-order valence-electron chi connectivity index (χ1n) is 8.27. The number of aryl methyl sites for hydroxylation is 1. The van der Waals surface area contributed by atoms with Gasteiger partial charge in [0, 0.05) is 11.5 Å². The van der Waals surface area contributed by atoms with Gasteiger partial charge in [-0.05, 0) is 10.7 Å². The molecule has 1 aromatic rings. The summed E-state index contributed by atoms with van der Waals surface area (Å²) in [5, 5.41) is 32.4. The van der Waals surface area contributed by atoms with Crippen LogP contribution in [0.5, 0.6) is 0 Å². The van der Waals surface area contributed by atoms with E-state index in [1.54, 1.807) is 11.1 Å². The molecule has 1 saturated heterocycles. The molecule has 0 aromatic carbocycles. The number of hydrogen-bond acceptors (Lipinski definition) is 12. The summed E-state index contributed by atoms with van der Waals surface area (Å²) in [5.41, 5.74) is 0.448. The van der Waals surface area contributed by atoms with E-state index in [1.807, 2.05) is 0 Å². The maximum atomic E-state index is 12.6. The summed E-state index contributed by atoms with van der Waals surface area (Å²) < 4.78 is 3.63. The monoisotopic (exact) mass is 479 g/mol. The number of nitrogens with one attached hydrogen (secondary N) is 1. The van der Waals surface area contributed by atoms with E-state index in [-0.39, 0.29) is 48.5 Å². The Labute approximate surface area is 204 Å². The van der Waals surface area contributed by atoms with Crippen LogP contribution in [0.1, 0.15) is 0 Å². The van der Waals surface area contributed by atoms with Crippen LogP contribution in [0.4, 0.5) is 0 Å². The first-order valence-corrected chi connectivity index (χ1v) is 11.1. The topological polar surface area (TPSA) is 159 Å². The number of aliphatic carboxylic acids is 1.